The SMILES string of the molecule is Cc1nc(Cl)nc(NCCOCCN(C)C)c1N. The molecule has 0 radical (unpaired) electrons. The standard InChI is InChI=1S/C11H20ClN5O/c1-8-9(13)10(16-11(12)15-8)14-4-6-18-7-5-17(2)3/h4-7,13H2,1-3H3,(H,14,15,16). The van der Waals surface area contributed by atoms with Crippen molar-refractivity contribution in [2.45, 2.75) is 6.92 Å². The number of nitrogen functional groups attached to an aromatic ring is 1. The Hall–Kier alpha value is -1.11. The van der Waals surface area contributed by atoms with Gasteiger partial charge in [-0.2, -0.15) is 4.98 Å². The summed E-state index contributed by atoms with van der Waals surface area (Å²) in [5, 5.41) is 3.28. The minimum absolute atomic E-state index is 0.192. The van der Waals surface area contributed by atoms with Gasteiger partial charge in [0.1, 0.15) is 0 Å². The van der Waals surface area contributed by atoms with Gasteiger partial charge in [-0.25, -0.2) is 4.98 Å². The molecule has 1 rings (SSSR count). The summed E-state index contributed by atoms with van der Waals surface area (Å²) < 4.78 is 5.45. The number of anilines is 2. The summed E-state index contributed by atoms with van der Waals surface area (Å²) in [6, 6.07) is 0. The largest absolute Gasteiger partial charge is 0.394 e. The average Bonchev–Trinajstić information content (AvgIpc) is 2.29. The average molecular weight is 274 g/mol. The van der Waals surface area contributed by atoms with Crippen LogP contribution in [0.2, 0.25) is 5.28 Å². The van der Waals surface area contributed by atoms with E-state index in [-0.39, 0.29) is 5.28 Å². The monoisotopic (exact) mass is 273 g/mol. The number of hydrogen-bond acceptors (Lipinski definition) is 6. The summed E-state index contributed by atoms with van der Waals surface area (Å²) in [7, 11) is 4.02. The maximum atomic E-state index is 5.84. The van der Waals surface area contributed by atoms with E-state index in [9.17, 15) is 0 Å². The number of nitrogens with one attached hydrogen (secondary N) is 1. The van der Waals surface area contributed by atoms with Crippen LogP contribution in [0, 0.1) is 6.92 Å². The van der Waals surface area contributed by atoms with E-state index in [4.69, 9.17) is 22.1 Å². The zero-order valence-electron chi connectivity index (χ0n) is 11.0. The number of nitrogens with two attached hydrogens (primary N) is 1. The number of hydrogen-bond donors (Lipinski definition) is 2. The number of aryl methyl sites for hydroxylation is 1. The minimum Gasteiger partial charge on any atom is -0.394 e. The van der Waals surface area contributed by atoms with Gasteiger partial charge in [0.15, 0.2) is 5.82 Å². The summed E-state index contributed by atoms with van der Waals surface area (Å²) in [6.45, 7) is 4.62. The van der Waals surface area contributed by atoms with Crippen molar-refractivity contribution in [2.75, 3.05) is 51.4 Å². The second-order valence-electron chi connectivity index (χ2n) is 4.18. The van der Waals surface area contributed by atoms with Gasteiger partial charge in [-0.15, -0.1) is 0 Å². The van der Waals surface area contributed by atoms with Gasteiger partial charge in [0.2, 0.25) is 5.28 Å². The molecular weight excluding hydrogens is 254 g/mol. The van der Waals surface area contributed by atoms with Crippen LogP contribution in [0.3, 0.4) is 0 Å². The number of nitrogens with zero attached hydrogens (tertiary/aromatic N) is 3. The van der Waals surface area contributed by atoms with Gasteiger partial charge >= 0.3 is 0 Å². The molecule has 0 saturated carbocycles. The number of rotatable bonds is 7. The molecule has 6 nitrogen and oxygen atoms in total. The first kappa shape index (κ1) is 14.9. The molecule has 0 amide bonds. The van der Waals surface area contributed by atoms with E-state index in [1.54, 1.807) is 6.92 Å². The number of likely N-dealkylation sites (N-methyl/N-ethyl adjacent to an activating group) is 1. The van der Waals surface area contributed by atoms with Gasteiger partial charge in [-0.3, -0.25) is 0 Å². The van der Waals surface area contributed by atoms with Crippen LogP contribution in [-0.4, -0.2) is 55.3 Å². The van der Waals surface area contributed by atoms with Crippen LogP contribution in [0.4, 0.5) is 11.5 Å². The highest BCUT2D eigenvalue weighted by molar-refractivity contribution is 6.28. The molecule has 0 bridgehead atoms. The van der Waals surface area contributed by atoms with Crippen molar-refractivity contribution in [3.8, 4) is 0 Å². The van der Waals surface area contributed by atoms with Crippen molar-refractivity contribution < 1.29 is 4.74 Å². The van der Waals surface area contributed by atoms with Crippen molar-refractivity contribution >= 4 is 23.1 Å². The Morgan fingerprint density at radius 3 is 2.72 bits per heavy atom. The summed E-state index contributed by atoms with van der Waals surface area (Å²) in [5.41, 5.74) is 7.03. The molecule has 1 heterocycles. The van der Waals surface area contributed by atoms with Crippen molar-refractivity contribution in [1.29, 1.82) is 0 Å². The smallest absolute Gasteiger partial charge is 0.224 e. The van der Waals surface area contributed by atoms with Gasteiger partial charge in [0.05, 0.1) is 24.6 Å². The summed E-state index contributed by atoms with van der Waals surface area (Å²) in [4.78, 5) is 10.1. The Morgan fingerprint density at radius 2 is 2.06 bits per heavy atom. The van der Waals surface area contributed by atoms with Crippen LogP contribution in [-0.2, 0) is 4.74 Å². The molecule has 0 unspecified atom stereocenters. The van der Waals surface area contributed by atoms with Crippen molar-refractivity contribution in [1.82, 2.24) is 14.9 Å². The lowest BCUT2D eigenvalue weighted by molar-refractivity contribution is 0.126. The van der Waals surface area contributed by atoms with E-state index in [0.29, 0.717) is 37.0 Å². The zero-order chi connectivity index (χ0) is 13.5. The summed E-state index contributed by atoms with van der Waals surface area (Å²) in [5.74, 6) is 0.559. The predicted molar refractivity (Wildman–Crippen MR) is 74.1 cm³/mol. The molecule has 0 atom stereocenters. The Bertz CT molecular complexity index is 386. The molecule has 0 spiro atoms. The third-order valence-corrected chi connectivity index (χ3v) is 2.50. The lowest BCUT2D eigenvalue weighted by Crippen LogP contribution is -2.20. The Balaban J connectivity index is 2.31. The zero-order valence-corrected chi connectivity index (χ0v) is 11.8. The van der Waals surface area contributed by atoms with Crippen LogP contribution in [0.15, 0.2) is 0 Å². The fraction of sp³-hybridized carbons (Fsp3) is 0.636. The van der Waals surface area contributed by atoms with Gasteiger partial charge in [-0.05, 0) is 32.6 Å². The molecule has 1 aromatic heterocycles. The van der Waals surface area contributed by atoms with E-state index < -0.39 is 0 Å². The molecule has 1 aromatic rings. The Morgan fingerprint density at radius 1 is 1.33 bits per heavy atom. The van der Waals surface area contributed by atoms with Gasteiger partial charge < -0.3 is 20.7 Å². The molecule has 0 aromatic carbocycles. The molecule has 18 heavy (non-hydrogen) atoms. The number of halogens is 1. The molecule has 7 heteroatoms. The molecule has 0 aliphatic rings. The normalized spacial score (nSPS) is 10.9. The van der Waals surface area contributed by atoms with E-state index in [1.807, 2.05) is 14.1 Å². The second kappa shape index (κ2) is 7.35. The van der Waals surface area contributed by atoms with E-state index in [0.717, 1.165) is 6.54 Å². The van der Waals surface area contributed by atoms with Crippen molar-refractivity contribution in [3.05, 3.63) is 11.0 Å². The number of ether oxygens (including phenoxy) is 1. The predicted octanol–water partition coefficient (Wildman–Crippen LogP) is 1.01. The number of aromatic nitrogens is 2. The first-order valence-electron chi connectivity index (χ1n) is 5.76. The quantitative estimate of drug-likeness (QED) is 0.570. The molecule has 0 aliphatic carbocycles. The molecule has 0 aliphatic heterocycles. The van der Waals surface area contributed by atoms with E-state index in [2.05, 4.69) is 20.2 Å². The van der Waals surface area contributed by atoms with E-state index in [1.165, 1.54) is 0 Å². The highest BCUT2D eigenvalue weighted by atomic mass is 35.5. The molecule has 0 fully saturated rings. The van der Waals surface area contributed by atoms with Gasteiger partial charge in [0, 0.05) is 13.1 Å². The maximum Gasteiger partial charge on any atom is 0.224 e. The van der Waals surface area contributed by atoms with Crippen LogP contribution < -0.4 is 11.1 Å². The van der Waals surface area contributed by atoms with Crippen LogP contribution >= 0.6 is 11.6 Å². The van der Waals surface area contributed by atoms with Crippen LogP contribution in [0.5, 0.6) is 0 Å². The summed E-state index contributed by atoms with van der Waals surface area (Å²) in [6.07, 6.45) is 0. The second-order valence-corrected chi connectivity index (χ2v) is 4.52. The van der Waals surface area contributed by atoms with Crippen LogP contribution in [0.1, 0.15) is 5.69 Å². The Kier molecular flexibility index (Phi) is 6.11. The third kappa shape index (κ3) is 5.03. The highest BCUT2D eigenvalue weighted by Crippen LogP contribution is 2.19. The first-order valence-corrected chi connectivity index (χ1v) is 6.14. The summed E-state index contributed by atoms with van der Waals surface area (Å²) >= 11 is 5.76. The maximum absolute atomic E-state index is 5.84. The van der Waals surface area contributed by atoms with Gasteiger partial charge in [0.25, 0.3) is 0 Å². The minimum atomic E-state index is 0.192. The molecule has 102 valence electrons. The van der Waals surface area contributed by atoms with Crippen molar-refractivity contribution in [2.24, 2.45) is 0 Å². The lowest BCUT2D eigenvalue weighted by atomic mass is 10.3. The van der Waals surface area contributed by atoms with Gasteiger partial charge in [-0.1, -0.05) is 0 Å². The topological polar surface area (TPSA) is 76.3 Å². The third-order valence-electron chi connectivity index (χ3n) is 2.33. The van der Waals surface area contributed by atoms with E-state index >= 15 is 0 Å². The lowest BCUT2D eigenvalue weighted by Gasteiger charge is -2.12. The fourth-order valence-electron chi connectivity index (χ4n) is 1.27. The van der Waals surface area contributed by atoms with Crippen LogP contribution in [0.25, 0.3) is 0 Å². The Labute approximate surface area is 112 Å². The molecule has 3 N–H and O–H groups in total. The fourth-order valence-corrected chi connectivity index (χ4v) is 1.48. The molecular formula is C11H20ClN5O. The molecule has 0 saturated heterocycles. The first-order chi connectivity index (χ1) is 8.50. The highest BCUT2D eigenvalue weighted by Gasteiger charge is 2.06. The van der Waals surface area contributed by atoms with Crippen molar-refractivity contribution in [3.63, 3.8) is 0 Å².